The molecule has 0 aromatic heterocycles. The molecular weight excluding hydrogens is 524 g/mol. The van der Waals surface area contributed by atoms with Crippen molar-refractivity contribution in [2.45, 2.75) is 63.5 Å². The predicted octanol–water partition coefficient (Wildman–Crippen LogP) is 6.34. The zero-order chi connectivity index (χ0) is 28.2. The van der Waals surface area contributed by atoms with Crippen LogP contribution in [0.1, 0.15) is 30.5 Å². The Morgan fingerprint density at radius 2 is 1.30 bits per heavy atom. The molecule has 0 radical (unpaired) electrons. The van der Waals surface area contributed by atoms with E-state index in [-0.39, 0.29) is 11.0 Å². The molecule has 0 saturated carbocycles. The zero-order valence-electron chi connectivity index (χ0n) is 23.3. The standard InChI is InChI=1S/C33H38O6S/c1-4-29(24(2)34)40-32-31(38-22-27-18-12-7-13-19-27)30(37-21-26-16-10-6-11-17-26)28(39-33(32)35-3)23-36-20-25-14-8-5-9-15-25/h4-19,28,30-33H,20-23H2,1-3H3/b29-4-/t28-,30-,31+,32+,33+/m1/s1. The summed E-state index contributed by atoms with van der Waals surface area (Å²) in [4.78, 5) is 13.0. The number of carbonyl (C=O) groups excluding carboxylic acids is 1. The highest BCUT2D eigenvalue weighted by molar-refractivity contribution is 8.04. The summed E-state index contributed by atoms with van der Waals surface area (Å²) in [5.74, 6) is -0.0146. The van der Waals surface area contributed by atoms with Gasteiger partial charge in [-0.25, -0.2) is 0 Å². The van der Waals surface area contributed by atoms with Crippen molar-refractivity contribution in [3.05, 3.63) is 119 Å². The van der Waals surface area contributed by atoms with Crippen molar-refractivity contribution in [3.63, 3.8) is 0 Å². The first kappa shape index (κ1) is 30.2. The summed E-state index contributed by atoms with van der Waals surface area (Å²) in [7, 11) is 1.61. The van der Waals surface area contributed by atoms with E-state index in [1.165, 1.54) is 11.8 Å². The Morgan fingerprint density at radius 1 is 0.800 bits per heavy atom. The molecule has 1 aliphatic rings. The highest BCUT2D eigenvalue weighted by atomic mass is 32.2. The second-order valence-corrected chi connectivity index (χ2v) is 10.8. The third kappa shape index (κ3) is 8.61. The van der Waals surface area contributed by atoms with Gasteiger partial charge in [0.15, 0.2) is 12.1 Å². The number of ether oxygens (including phenoxy) is 5. The minimum Gasteiger partial charge on any atom is -0.374 e. The maximum atomic E-state index is 12.4. The number of hydrogen-bond donors (Lipinski definition) is 0. The van der Waals surface area contributed by atoms with Gasteiger partial charge in [-0.15, -0.1) is 11.8 Å². The van der Waals surface area contributed by atoms with Crippen LogP contribution < -0.4 is 0 Å². The Labute approximate surface area is 241 Å². The van der Waals surface area contributed by atoms with Gasteiger partial charge in [-0.3, -0.25) is 4.79 Å². The molecule has 0 bridgehead atoms. The van der Waals surface area contributed by atoms with Crippen LogP contribution in [0.5, 0.6) is 0 Å². The largest absolute Gasteiger partial charge is 0.374 e. The molecule has 0 unspecified atom stereocenters. The van der Waals surface area contributed by atoms with Crippen molar-refractivity contribution >= 4 is 17.5 Å². The highest BCUT2D eigenvalue weighted by Crippen LogP contribution is 2.38. The van der Waals surface area contributed by atoms with Gasteiger partial charge in [0.1, 0.15) is 18.3 Å². The summed E-state index contributed by atoms with van der Waals surface area (Å²) >= 11 is 1.41. The maximum Gasteiger partial charge on any atom is 0.172 e. The van der Waals surface area contributed by atoms with Crippen LogP contribution in [-0.2, 0) is 48.3 Å². The van der Waals surface area contributed by atoms with Gasteiger partial charge in [0.2, 0.25) is 0 Å². The Hall–Kier alpha value is -2.78. The molecular formula is C33H38O6S. The fourth-order valence-corrected chi connectivity index (χ4v) is 5.87. The van der Waals surface area contributed by atoms with Gasteiger partial charge < -0.3 is 23.7 Å². The van der Waals surface area contributed by atoms with Gasteiger partial charge in [-0.2, -0.15) is 0 Å². The molecule has 0 spiro atoms. The molecule has 3 aromatic rings. The van der Waals surface area contributed by atoms with Gasteiger partial charge in [-0.1, -0.05) is 97.1 Å². The Bertz CT molecular complexity index is 1190. The van der Waals surface area contributed by atoms with E-state index >= 15 is 0 Å². The average molecular weight is 563 g/mol. The van der Waals surface area contributed by atoms with E-state index in [1.54, 1.807) is 14.0 Å². The lowest BCUT2D eigenvalue weighted by molar-refractivity contribution is -0.268. The number of benzene rings is 3. The molecule has 1 fully saturated rings. The Kier molecular flexibility index (Phi) is 12.0. The maximum absolute atomic E-state index is 12.4. The van der Waals surface area contributed by atoms with Gasteiger partial charge in [0.25, 0.3) is 0 Å². The van der Waals surface area contributed by atoms with E-state index in [4.69, 9.17) is 23.7 Å². The van der Waals surface area contributed by atoms with Gasteiger partial charge in [0.05, 0.1) is 31.7 Å². The fourth-order valence-electron chi connectivity index (χ4n) is 4.62. The van der Waals surface area contributed by atoms with Crippen molar-refractivity contribution in [3.8, 4) is 0 Å². The van der Waals surface area contributed by atoms with Crippen LogP contribution in [0.25, 0.3) is 0 Å². The van der Waals surface area contributed by atoms with Gasteiger partial charge in [-0.05, 0) is 30.5 Å². The van der Waals surface area contributed by atoms with Crippen LogP contribution >= 0.6 is 11.8 Å². The van der Waals surface area contributed by atoms with Crippen LogP contribution in [0, 0.1) is 0 Å². The lowest BCUT2D eigenvalue weighted by atomic mass is 10.00. The number of Topliss-reactive ketones (excluding diaryl/α,β-unsaturated/α-hetero) is 1. The van der Waals surface area contributed by atoms with Crippen molar-refractivity contribution in [2.75, 3.05) is 13.7 Å². The van der Waals surface area contributed by atoms with E-state index in [9.17, 15) is 4.79 Å². The zero-order valence-corrected chi connectivity index (χ0v) is 24.1. The summed E-state index contributed by atoms with van der Waals surface area (Å²) in [6, 6.07) is 30.1. The Balaban J connectivity index is 1.61. The predicted molar refractivity (Wildman–Crippen MR) is 158 cm³/mol. The van der Waals surface area contributed by atoms with Crippen LogP contribution in [0.15, 0.2) is 102 Å². The molecule has 4 rings (SSSR count). The molecule has 0 aliphatic carbocycles. The van der Waals surface area contributed by atoms with Crippen LogP contribution in [0.2, 0.25) is 0 Å². The molecule has 1 saturated heterocycles. The quantitative estimate of drug-likeness (QED) is 0.213. The first-order valence-electron chi connectivity index (χ1n) is 13.5. The first-order chi connectivity index (χ1) is 19.6. The van der Waals surface area contributed by atoms with E-state index < -0.39 is 24.6 Å². The molecule has 0 N–H and O–H groups in total. The number of hydrogen-bond acceptors (Lipinski definition) is 7. The van der Waals surface area contributed by atoms with E-state index in [0.717, 1.165) is 16.7 Å². The number of methoxy groups -OCH3 is 1. The molecule has 1 aliphatic heterocycles. The molecule has 7 heteroatoms. The molecule has 40 heavy (non-hydrogen) atoms. The number of rotatable bonds is 14. The summed E-state index contributed by atoms with van der Waals surface area (Å²) in [6.45, 7) is 4.93. The van der Waals surface area contributed by atoms with Crippen LogP contribution in [0.4, 0.5) is 0 Å². The number of allylic oxidation sites excluding steroid dienone is 2. The molecule has 3 aromatic carbocycles. The van der Waals surface area contributed by atoms with E-state index in [0.29, 0.717) is 31.3 Å². The third-order valence-corrected chi connectivity index (χ3v) is 8.20. The third-order valence-electron chi connectivity index (χ3n) is 6.66. The average Bonchev–Trinajstić information content (AvgIpc) is 2.99. The normalized spacial score (nSPS) is 23.2. The van der Waals surface area contributed by atoms with Crippen molar-refractivity contribution < 1.29 is 28.5 Å². The summed E-state index contributed by atoms with van der Waals surface area (Å²) in [6.07, 6.45) is -0.202. The number of carbonyl (C=O) groups is 1. The minimum atomic E-state index is -0.637. The number of thioether (sulfide) groups is 1. The molecule has 5 atom stereocenters. The second kappa shape index (κ2) is 15.9. The van der Waals surface area contributed by atoms with E-state index in [2.05, 4.69) is 0 Å². The Morgan fingerprint density at radius 3 is 1.77 bits per heavy atom. The summed E-state index contributed by atoms with van der Waals surface area (Å²) < 4.78 is 31.7. The monoisotopic (exact) mass is 562 g/mol. The highest BCUT2D eigenvalue weighted by Gasteiger charge is 2.48. The molecule has 212 valence electrons. The minimum absolute atomic E-state index is 0.0146. The summed E-state index contributed by atoms with van der Waals surface area (Å²) in [5, 5.41) is -0.352. The van der Waals surface area contributed by atoms with E-state index in [1.807, 2.05) is 104 Å². The van der Waals surface area contributed by atoms with Crippen LogP contribution in [0.3, 0.4) is 0 Å². The molecule has 1 heterocycles. The van der Waals surface area contributed by atoms with Gasteiger partial charge >= 0.3 is 0 Å². The molecule has 6 nitrogen and oxygen atoms in total. The van der Waals surface area contributed by atoms with Crippen LogP contribution in [-0.4, -0.2) is 49.4 Å². The lowest BCUT2D eigenvalue weighted by Gasteiger charge is -2.45. The SMILES string of the molecule is C/C=C(\S[C@@H]1[C@@H](OC)O[C@H](COCc2ccccc2)[C@@H](OCc2ccccc2)[C@@H]1OCc1ccccc1)C(C)=O. The van der Waals surface area contributed by atoms with Crippen molar-refractivity contribution in [2.24, 2.45) is 0 Å². The molecule has 0 amide bonds. The lowest BCUT2D eigenvalue weighted by Crippen LogP contribution is -2.59. The topological polar surface area (TPSA) is 63.2 Å². The summed E-state index contributed by atoms with van der Waals surface area (Å²) in [5.41, 5.74) is 3.17. The second-order valence-electron chi connectivity index (χ2n) is 9.59. The smallest absolute Gasteiger partial charge is 0.172 e. The van der Waals surface area contributed by atoms with Crippen molar-refractivity contribution in [1.82, 2.24) is 0 Å². The van der Waals surface area contributed by atoms with Crippen molar-refractivity contribution in [1.29, 1.82) is 0 Å². The first-order valence-corrected chi connectivity index (χ1v) is 14.4. The fraction of sp³-hybridized carbons (Fsp3) is 0.364. The number of ketones is 1. The van der Waals surface area contributed by atoms with Gasteiger partial charge in [0, 0.05) is 12.0 Å².